The van der Waals surface area contributed by atoms with Gasteiger partial charge in [0.2, 0.25) is 0 Å². The lowest BCUT2D eigenvalue weighted by molar-refractivity contribution is 0.0842. The fourth-order valence-electron chi connectivity index (χ4n) is 5.98. The number of aryl methyl sites for hydroxylation is 1. The van der Waals surface area contributed by atoms with Crippen LogP contribution in [0.25, 0.3) is 27.6 Å². The van der Waals surface area contributed by atoms with Crippen molar-refractivity contribution in [3.63, 3.8) is 0 Å². The normalized spacial score (nSPS) is 15.1. The Labute approximate surface area is 251 Å². The summed E-state index contributed by atoms with van der Waals surface area (Å²) < 4.78 is 26.0. The predicted octanol–water partition coefficient (Wildman–Crippen LogP) is 9.42. The van der Waals surface area contributed by atoms with Gasteiger partial charge >= 0.3 is 0 Å². The van der Waals surface area contributed by atoms with Crippen LogP contribution >= 0.6 is 0 Å². The molecule has 0 bridgehead atoms. The van der Waals surface area contributed by atoms with Crippen LogP contribution in [0.5, 0.6) is 0 Å². The van der Waals surface area contributed by atoms with Gasteiger partial charge in [-0.3, -0.25) is 4.57 Å². The zero-order chi connectivity index (χ0) is 31.7. The number of hydrogen-bond acceptors (Lipinski definition) is 4. The highest BCUT2D eigenvalue weighted by atomic mass is 16.8. The number of nitrogens with zero attached hydrogens (tertiary/aromatic N) is 4. The third-order valence-corrected chi connectivity index (χ3v) is 8.26. The van der Waals surface area contributed by atoms with E-state index >= 15 is 0 Å². The summed E-state index contributed by atoms with van der Waals surface area (Å²) in [5.41, 5.74) is 6.86. The fraction of sp³-hybridized carbons (Fsp3) is 0.216. The van der Waals surface area contributed by atoms with Crippen molar-refractivity contribution in [2.45, 2.75) is 52.4 Å². The Bertz CT molecular complexity index is 2070. The van der Waals surface area contributed by atoms with Gasteiger partial charge in [0.1, 0.15) is 5.82 Å². The van der Waals surface area contributed by atoms with Crippen LogP contribution in [0, 0.1) is 6.85 Å². The number of fused-ring (bicyclic) bond motifs is 4. The van der Waals surface area contributed by atoms with Crippen molar-refractivity contribution in [2.24, 2.45) is 0 Å². The number of para-hydroxylation sites is 3. The zero-order valence-electron chi connectivity index (χ0n) is 27.6. The molecule has 1 aliphatic heterocycles. The largest absolute Gasteiger partial charge is 0.294 e. The van der Waals surface area contributed by atoms with Gasteiger partial charge in [-0.1, -0.05) is 68.4 Å². The van der Waals surface area contributed by atoms with Crippen LogP contribution in [0.3, 0.4) is 0 Å². The van der Waals surface area contributed by atoms with Crippen LogP contribution in [-0.4, -0.2) is 15.1 Å². The van der Waals surface area contributed by atoms with Crippen molar-refractivity contribution in [3.05, 3.63) is 126 Å². The third-order valence-electron chi connectivity index (χ3n) is 8.26. The van der Waals surface area contributed by atoms with Crippen molar-refractivity contribution in [3.8, 4) is 5.82 Å². The molecule has 0 atom stereocenters. The molecular formula is C37H36N4O. The summed E-state index contributed by atoms with van der Waals surface area (Å²) in [6.45, 7) is 8.64. The maximum absolute atomic E-state index is 7.97. The summed E-state index contributed by atoms with van der Waals surface area (Å²) in [5, 5.41) is 6.05. The molecule has 2 aromatic heterocycles. The van der Waals surface area contributed by atoms with Crippen LogP contribution in [0.15, 0.2) is 109 Å². The molecule has 4 aromatic carbocycles. The Kier molecular flexibility index (Phi) is 5.19. The Morgan fingerprint density at radius 3 is 2.24 bits per heavy atom. The van der Waals surface area contributed by atoms with Gasteiger partial charge in [-0.05, 0) is 92.8 Å². The Balaban J connectivity index is 1.34. The first-order chi connectivity index (χ1) is 21.3. The van der Waals surface area contributed by atoms with Gasteiger partial charge in [0.05, 0.1) is 33.6 Å². The molecule has 0 N–H and O–H groups in total. The van der Waals surface area contributed by atoms with Crippen molar-refractivity contribution in [1.82, 2.24) is 9.55 Å². The molecule has 5 nitrogen and oxygen atoms in total. The Hall–Kier alpha value is -4.61. The molecule has 42 heavy (non-hydrogen) atoms. The van der Waals surface area contributed by atoms with Crippen LogP contribution in [0.4, 0.5) is 17.1 Å². The van der Waals surface area contributed by atoms with Crippen molar-refractivity contribution >= 4 is 38.9 Å². The van der Waals surface area contributed by atoms with E-state index in [1.54, 1.807) is 18.3 Å². The number of hydrogen-bond donors (Lipinski definition) is 0. The molecule has 1 aliphatic rings. The van der Waals surface area contributed by atoms with Gasteiger partial charge in [0, 0.05) is 26.5 Å². The average molecular weight is 556 g/mol. The van der Waals surface area contributed by atoms with Crippen LogP contribution in [0.1, 0.15) is 55.4 Å². The van der Waals surface area contributed by atoms with E-state index in [0.717, 1.165) is 50.0 Å². The first kappa shape index (κ1) is 23.0. The Morgan fingerprint density at radius 1 is 0.690 bits per heavy atom. The summed E-state index contributed by atoms with van der Waals surface area (Å²) in [5.74, 6) is 0.583. The summed E-state index contributed by atoms with van der Waals surface area (Å²) >= 11 is 0. The molecule has 5 heteroatoms. The average Bonchev–Trinajstić information content (AvgIpc) is 3.57. The van der Waals surface area contributed by atoms with Crippen molar-refractivity contribution in [2.75, 3.05) is 10.1 Å². The van der Waals surface area contributed by atoms with Gasteiger partial charge in [-0.2, -0.15) is 5.06 Å². The van der Waals surface area contributed by atoms with E-state index in [-0.39, 0.29) is 16.5 Å². The van der Waals surface area contributed by atoms with Gasteiger partial charge in [0.25, 0.3) is 0 Å². The van der Waals surface area contributed by atoms with E-state index in [2.05, 4.69) is 111 Å². The summed E-state index contributed by atoms with van der Waals surface area (Å²) in [7, 11) is 0. The number of anilines is 3. The maximum atomic E-state index is 7.97. The summed E-state index contributed by atoms with van der Waals surface area (Å²) in [4.78, 5) is 11.1. The first-order valence-electron chi connectivity index (χ1n) is 15.8. The van der Waals surface area contributed by atoms with Gasteiger partial charge < -0.3 is 0 Å². The molecule has 7 rings (SSSR count). The van der Waals surface area contributed by atoms with Crippen LogP contribution in [-0.2, 0) is 10.4 Å². The minimum absolute atomic E-state index is 0.229. The number of hydroxylamine groups is 1. The molecule has 3 heterocycles. The molecule has 0 fully saturated rings. The number of pyridine rings is 1. The topological polar surface area (TPSA) is 33.5 Å². The number of aromatic nitrogens is 2. The second kappa shape index (κ2) is 9.47. The van der Waals surface area contributed by atoms with Crippen LogP contribution in [0.2, 0.25) is 0 Å². The molecule has 6 aromatic rings. The molecule has 0 unspecified atom stereocenters. The van der Waals surface area contributed by atoms with Crippen molar-refractivity contribution < 1.29 is 9.05 Å². The first-order valence-corrected chi connectivity index (χ1v) is 14.3. The van der Waals surface area contributed by atoms with Crippen LogP contribution < -0.4 is 10.1 Å². The molecular weight excluding hydrogens is 516 g/mol. The van der Waals surface area contributed by atoms with E-state index in [1.807, 2.05) is 34.4 Å². The molecule has 0 spiro atoms. The number of rotatable bonds is 4. The van der Waals surface area contributed by atoms with E-state index in [0.29, 0.717) is 5.82 Å². The maximum Gasteiger partial charge on any atom is 0.137 e. The predicted molar refractivity (Wildman–Crippen MR) is 174 cm³/mol. The second-order valence-corrected chi connectivity index (χ2v) is 12.5. The van der Waals surface area contributed by atoms with E-state index in [1.165, 1.54) is 0 Å². The molecule has 0 saturated heterocycles. The molecule has 0 saturated carbocycles. The minimum atomic E-state index is -2.22. The van der Waals surface area contributed by atoms with Gasteiger partial charge in [-0.15, -0.1) is 4.94 Å². The quantitative estimate of drug-likeness (QED) is 0.217. The smallest absolute Gasteiger partial charge is 0.137 e. The second-order valence-electron chi connectivity index (χ2n) is 12.5. The Morgan fingerprint density at radius 2 is 1.43 bits per heavy atom. The highest BCUT2D eigenvalue weighted by Crippen LogP contribution is 2.45. The molecule has 0 aliphatic carbocycles. The lowest BCUT2D eigenvalue weighted by Crippen LogP contribution is -2.41. The fourth-order valence-corrected chi connectivity index (χ4v) is 5.98. The van der Waals surface area contributed by atoms with Gasteiger partial charge in [-0.25, -0.2) is 10.0 Å². The van der Waals surface area contributed by atoms with Gasteiger partial charge in [0.15, 0.2) is 0 Å². The lowest BCUT2D eigenvalue weighted by Gasteiger charge is -2.32. The standard InChI is InChI=1S/C37H36N4O/c1-25-20-21-38-35(22-25)39-31-15-8-7-14-29(31)30-19-18-27(24-34(30)39)37(5,6)26-12-11-13-28(23-26)40-32-16-9-10-17-33(32)41(42-40)36(2,3)4/h7-24H,1-6H3/i1D3. The SMILES string of the molecule is [2H]C([2H])([2H])c1ccnc(-n2c3ccccc3c3ccc(C(C)(C)c4cccc(N5ON(C(C)(C)C)c6ccccc65)c4)cc32)c1. The minimum Gasteiger partial charge on any atom is -0.294 e. The van der Waals surface area contributed by atoms with E-state index in [9.17, 15) is 0 Å². The number of benzene rings is 4. The monoisotopic (exact) mass is 555 g/mol. The molecule has 0 amide bonds. The lowest BCUT2D eigenvalue weighted by atomic mass is 9.77. The highest BCUT2D eigenvalue weighted by Gasteiger charge is 2.36. The highest BCUT2D eigenvalue weighted by molar-refractivity contribution is 6.09. The van der Waals surface area contributed by atoms with E-state index in [4.69, 9.17) is 9.05 Å². The summed E-state index contributed by atoms with van der Waals surface area (Å²) in [6, 6.07) is 34.8. The molecule has 0 radical (unpaired) electrons. The van der Waals surface area contributed by atoms with Crippen molar-refractivity contribution in [1.29, 1.82) is 0 Å². The third kappa shape index (κ3) is 4.15. The zero-order valence-corrected chi connectivity index (χ0v) is 24.6. The molecule has 210 valence electrons. The van der Waals surface area contributed by atoms with E-state index < -0.39 is 6.85 Å². The summed E-state index contributed by atoms with van der Waals surface area (Å²) in [6.07, 6.45) is 1.58.